The summed E-state index contributed by atoms with van der Waals surface area (Å²) in [6.07, 6.45) is 33.3. The Labute approximate surface area is 255 Å². The van der Waals surface area contributed by atoms with E-state index in [1.807, 2.05) is 6.26 Å². The van der Waals surface area contributed by atoms with Crippen molar-refractivity contribution in [1.29, 1.82) is 0 Å². The van der Waals surface area contributed by atoms with Crippen LogP contribution in [-0.2, 0) is 16.0 Å². The van der Waals surface area contributed by atoms with Crippen molar-refractivity contribution >= 4 is 5.97 Å². The van der Waals surface area contributed by atoms with Crippen molar-refractivity contribution in [1.82, 2.24) is 0 Å². The molecular weight excluding hydrogens is 520 g/mol. The second-order valence-electron chi connectivity index (χ2n) is 14.7. The van der Waals surface area contributed by atoms with Gasteiger partial charge < -0.3 is 14.3 Å². The minimum atomic E-state index is -0.846. The van der Waals surface area contributed by atoms with E-state index in [1.54, 1.807) is 0 Å². The average molecular weight is 579 g/mol. The fraction of sp³-hybridized carbons (Fsp3) is 0.763. The lowest BCUT2D eigenvalue weighted by Gasteiger charge is -2.59. The molecule has 5 rings (SSSR count). The number of allylic oxidation sites excluding steroid dienone is 4. The Morgan fingerprint density at radius 3 is 2.57 bits per heavy atom. The van der Waals surface area contributed by atoms with Crippen molar-refractivity contribution in [2.24, 2.45) is 22.7 Å². The number of aryl methyl sites for hydroxylation is 1. The molecule has 1 spiro atoms. The lowest BCUT2D eigenvalue weighted by atomic mass is 9.45. The van der Waals surface area contributed by atoms with Gasteiger partial charge in [0.05, 0.1) is 6.26 Å². The van der Waals surface area contributed by atoms with E-state index in [-0.39, 0.29) is 29.3 Å². The van der Waals surface area contributed by atoms with Crippen LogP contribution in [0, 0.1) is 22.7 Å². The molecule has 4 aliphatic rings. The van der Waals surface area contributed by atoms with Gasteiger partial charge in [-0.15, -0.1) is 0 Å². The van der Waals surface area contributed by atoms with Crippen molar-refractivity contribution < 1.29 is 19.1 Å². The van der Waals surface area contributed by atoms with E-state index in [9.17, 15) is 9.90 Å². The van der Waals surface area contributed by atoms with Crippen LogP contribution < -0.4 is 0 Å². The molecule has 3 fully saturated rings. The summed E-state index contributed by atoms with van der Waals surface area (Å²) in [6, 6.07) is 2.22. The van der Waals surface area contributed by atoms with Crippen LogP contribution in [0.3, 0.4) is 0 Å². The number of hydrogen-bond donors (Lipinski definition) is 1. The Bertz CT molecular complexity index is 1070. The predicted octanol–water partition coefficient (Wildman–Crippen LogP) is 10.0. The zero-order valence-corrected chi connectivity index (χ0v) is 26.7. The first-order valence-corrected chi connectivity index (χ1v) is 17.6. The van der Waals surface area contributed by atoms with Gasteiger partial charge in [0.2, 0.25) is 0 Å². The molecule has 2 bridgehead atoms. The van der Waals surface area contributed by atoms with Crippen LogP contribution in [0.5, 0.6) is 0 Å². The number of furan rings is 1. The highest BCUT2D eigenvalue weighted by atomic mass is 16.5. The van der Waals surface area contributed by atoms with Crippen molar-refractivity contribution in [3.63, 3.8) is 0 Å². The minimum Gasteiger partial charge on any atom is -0.469 e. The van der Waals surface area contributed by atoms with E-state index in [0.29, 0.717) is 18.3 Å². The summed E-state index contributed by atoms with van der Waals surface area (Å²) < 4.78 is 11.6. The highest BCUT2D eigenvalue weighted by Gasteiger charge is 2.66. The molecule has 0 amide bonds. The van der Waals surface area contributed by atoms with Gasteiger partial charge in [-0.05, 0) is 124 Å². The third-order valence-electron chi connectivity index (χ3n) is 12.0. The van der Waals surface area contributed by atoms with E-state index in [4.69, 9.17) is 9.15 Å². The molecular formula is C38H58O4. The second-order valence-corrected chi connectivity index (χ2v) is 14.7. The van der Waals surface area contributed by atoms with Gasteiger partial charge in [-0.25, -0.2) is 0 Å². The van der Waals surface area contributed by atoms with Gasteiger partial charge in [0.1, 0.15) is 18.0 Å². The van der Waals surface area contributed by atoms with Crippen LogP contribution >= 0.6 is 0 Å². The first-order valence-electron chi connectivity index (χ1n) is 17.6. The van der Waals surface area contributed by atoms with Gasteiger partial charge in [0.15, 0.2) is 0 Å². The number of unbranched alkanes of at least 4 members (excludes halogenated alkanes) is 8. The van der Waals surface area contributed by atoms with E-state index in [2.05, 4.69) is 44.2 Å². The van der Waals surface area contributed by atoms with Crippen LogP contribution in [0.4, 0.5) is 0 Å². The Morgan fingerprint density at radius 1 is 1.00 bits per heavy atom. The Kier molecular flexibility index (Phi) is 10.8. The second kappa shape index (κ2) is 14.3. The third-order valence-corrected chi connectivity index (χ3v) is 12.0. The smallest absolute Gasteiger partial charge is 0.305 e. The van der Waals surface area contributed by atoms with Crippen molar-refractivity contribution in [2.45, 2.75) is 154 Å². The lowest BCUT2D eigenvalue weighted by Crippen LogP contribution is -2.51. The van der Waals surface area contributed by atoms with Crippen molar-refractivity contribution in [3.8, 4) is 0 Å². The van der Waals surface area contributed by atoms with Gasteiger partial charge in [-0.1, -0.05) is 70.3 Å². The quantitative estimate of drug-likeness (QED) is 0.120. The monoisotopic (exact) mass is 578 g/mol. The van der Waals surface area contributed by atoms with E-state index >= 15 is 0 Å². The molecule has 1 aromatic rings. The molecule has 42 heavy (non-hydrogen) atoms. The summed E-state index contributed by atoms with van der Waals surface area (Å²) in [5.74, 6) is 2.58. The fourth-order valence-electron chi connectivity index (χ4n) is 9.85. The fourth-order valence-corrected chi connectivity index (χ4v) is 9.85. The van der Waals surface area contributed by atoms with Crippen LogP contribution in [0.25, 0.3) is 0 Å². The standard InChI is InChI=1S/C38H58O4/c1-3-4-5-6-7-8-9-10-11-12-13-14-15-16-17-18-35(39)42-29-38(40)28-37-25-21-32-31-23-26-41-33(31)22-24-36(32,2)34(37)20-19-30(38)27-37/h7-8,10-11,23,26,30,32,34,40H,3-6,9,12-22,24-25,27-29H2,1-2H3/b8-7-,11-10-/t30-,32-,34+,36-,37+,38+/m1/s1. The highest BCUT2D eigenvalue weighted by Crippen LogP contribution is 2.72. The third kappa shape index (κ3) is 6.95. The van der Waals surface area contributed by atoms with Crippen LogP contribution in [0.1, 0.15) is 153 Å². The maximum absolute atomic E-state index is 12.6. The largest absolute Gasteiger partial charge is 0.469 e. The summed E-state index contributed by atoms with van der Waals surface area (Å²) in [4.78, 5) is 12.6. The molecule has 1 N–H and O–H groups in total. The summed E-state index contributed by atoms with van der Waals surface area (Å²) in [7, 11) is 0. The Hall–Kier alpha value is -1.81. The van der Waals surface area contributed by atoms with E-state index in [1.165, 1.54) is 82.0 Å². The van der Waals surface area contributed by atoms with Crippen molar-refractivity contribution in [2.75, 3.05) is 6.61 Å². The Balaban J connectivity index is 0.973. The number of carbonyl (C=O) groups is 1. The molecule has 4 heteroatoms. The number of aliphatic hydroxyl groups is 1. The average Bonchev–Trinajstić information content (AvgIpc) is 3.54. The topological polar surface area (TPSA) is 59.7 Å². The molecule has 6 atom stereocenters. The van der Waals surface area contributed by atoms with Gasteiger partial charge in [-0.2, -0.15) is 0 Å². The zero-order chi connectivity index (χ0) is 29.5. The molecule has 4 aliphatic carbocycles. The number of hydrogen-bond acceptors (Lipinski definition) is 4. The molecule has 234 valence electrons. The SMILES string of the molecule is CCCCC/C=C\C/C=C\CCCCCCCC(=O)OC[C@@]1(O)C[C@@]23CC[C@@H]4c5ccoc5CC[C@@]4(C)[C@@H]2CC[C@@H]1C3. The summed E-state index contributed by atoms with van der Waals surface area (Å²) in [6.45, 7) is 4.97. The maximum atomic E-state index is 12.6. The first-order chi connectivity index (χ1) is 20.4. The number of ether oxygens (including phenoxy) is 1. The van der Waals surface area contributed by atoms with Gasteiger partial charge in [-0.3, -0.25) is 4.79 Å². The van der Waals surface area contributed by atoms with Crippen molar-refractivity contribution in [3.05, 3.63) is 48.0 Å². The molecule has 3 saturated carbocycles. The van der Waals surface area contributed by atoms with Crippen LogP contribution in [0.2, 0.25) is 0 Å². The molecule has 4 nitrogen and oxygen atoms in total. The lowest BCUT2D eigenvalue weighted by molar-refractivity contribution is -0.154. The maximum Gasteiger partial charge on any atom is 0.305 e. The number of carbonyl (C=O) groups excluding carboxylic acids is 1. The summed E-state index contributed by atoms with van der Waals surface area (Å²) in [5, 5.41) is 11.9. The molecule has 0 aromatic carbocycles. The molecule has 0 unspecified atom stereocenters. The highest BCUT2D eigenvalue weighted by molar-refractivity contribution is 5.69. The van der Waals surface area contributed by atoms with Gasteiger partial charge >= 0.3 is 5.97 Å². The minimum absolute atomic E-state index is 0.125. The Morgan fingerprint density at radius 2 is 1.76 bits per heavy atom. The van der Waals surface area contributed by atoms with Crippen LogP contribution in [-0.4, -0.2) is 23.3 Å². The first kappa shape index (κ1) is 31.6. The van der Waals surface area contributed by atoms with Gasteiger partial charge in [0, 0.05) is 12.8 Å². The van der Waals surface area contributed by atoms with E-state index in [0.717, 1.165) is 51.4 Å². The normalized spacial score (nSPS) is 33.5. The molecule has 0 radical (unpaired) electrons. The van der Waals surface area contributed by atoms with Gasteiger partial charge in [0.25, 0.3) is 0 Å². The van der Waals surface area contributed by atoms with E-state index < -0.39 is 5.60 Å². The van der Waals surface area contributed by atoms with Crippen LogP contribution in [0.15, 0.2) is 41.1 Å². The molecule has 1 aromatic heterocycles. The number of rotatable bonds is 16. The summed E-state index contributed by atoms with van der Waals surface area (Å²) >= 11 is 0. The zero-order valence-electron chi connectivity index (χ0n) is 26.7. The summed E-state index contributed by atoms with van der Waals surface area (Å²) in [5.41, 5.74) is 1.10. The number of esters is 1. The molecule has 1 heterocycles. The molecule has 0 aliphatic heterocycles. The molecule has 0 saturated heterocycles. The number of fused-ring (bicyclic) bond motifs is 5. The predicted molar refractivity (Wildman–Crippen MR) is 170 cm³/mol.